The first-order valence-electron chi connectivity index (χ1n) is 5.65. The predicted octanol–water partition coefficient (Wildman–Crippen LogP) is 5.24. The molecule has 0 saturated carbocycles. The smallest absolute Gasteiger partial charge is 0.181 e. The van der Waals surface area contributed by atoms with Crippen LogP contribution in [0.5, 0.6) is 0 Å². The van der Waals surface area contributed by atoms with Crippen LogP contribution in [0.3, 0.4) is 0 Å². The average molecular weight is 358 g/mol. The Kier molecular flexibility index (Phi) is 5.94. The molecule has 0 aliphatic rings. The largest absolute Gasteiger partial charge is 0.357 e. The SMILES string of the molecule is CC(C)[Si](C#CC(F)(F)I)(C(C)C)C(C)C. The van der Waals surface area contributed by atoms with Crippen LogP contribution in [0.2, 0.25) is 16.6 Å². The van der Waals surface area contributed by atoms with Gasteiger partial charge in [0.05, 0.1) is 0 Å². The zero-order valence-electron chi connectivity index (χ0n) is 10.9. The maximum Gasteiger partial charge on any atom is 0.357 e. The van der Waals surface area contributed by atoms with Crippen molar-refractivity contribution in [1.82, 2.24) is 0 Å². The van der Waals surface area contributed by atoms with Crippen LogP contribution in [0, 0.1) is 11.5 Å². The van der Waals surface area contributed by atoms with Gasteiger partial charge in [-0.25, -0.2) is 0 Å². The van der Waals surface area contributed by atoms with E-state index in [2.05, 4.69) is 53.0 Å². The summed E-state index contributed by atoms with van der Waals surface area (Å²) in [5, 5.41) is 0. The molecule has 0 aliphatic carbocycles. The maximum absolute atomic E-state index is 12.9. The van der Waals surface area contributed by atoms with Gasteiger partial charge in [-0.1, -0.05) is 41.5 Å². The molecule has 0 aromatic carbocycles. The lowest BCUT2D eigenvalue weighted by atomic mass is 10.5. The summed E-state index contributed by atoms with van der Waals surface area (Å²) in [6.45, 7) is 12.7. The molecule has 0 saturated heterocycles. The molecular weight excluding hydrogens is 337 g/mol. The topological polar surface area (TPSA) is 0 Å². The highest BCUT2D eigenvalue weighted by Crippen LogP contribution is 2.41. The van der Waals surface area contributed by atoms with Gasteiger partial charge in [-0.15, -0.1) is 5.54 Å². The van der Waals surface area contributed by atoms with E-state index in [4.69, 9.17) is 0 Å². The second-order valence-electron chi connectivity index (χ2n) is 5.14. The zero-order chi connectivity index (χ0) is 13.1. The highest BCUT2D eigenvalue weighted by Gasteiger charge is 2.42. The van der Waals surface area contributed by atoms with Gasteiger partial charge in [0.25, 0.3) is 0 Å². The van der Waals surface area contributed by atoms with Gasteiger partial charge < -0.3 is 0 Å². The van der Waals surface area contributed by atoms with Gasteiger partial charge in [0.2, 0.25) is 0 Å². The maximum atomic E-state index is 12.9. The van der Waals surface area contributed by atoms with Crippen LogP contribution < -0.4 is 0 Å². The summed E-state index contributed by atoms with van der Waals surface area (Å²) >= 11 is 1.10. The summed E-state index contributed by atoms with van der Waals surface area (Å²) in [7, 11) is -1.98. The van der Waals surface area contributed by atoms with Crippen molar-refractivity contribution >= 4 is 30.7 Å². The third kappa shape index (κ3) is 3.99. The molecule has 0 fully saturated rings. The molecule has 0 aromatic heterocycles. The lowest BCUT2D eigenvalue weighted by Crippen LogP contribution is -2.43. The van der Waals surface area contributed by atoms with Crippen LogP contribution in [-0.2, 0) is 0 Å². The van der Waals surface area contributed by atoms with Crippen LogP contribution in [0.1, 0.15) is 41.5 Å². The lowest BCUT2D eigenvalue weighted by molar-refractivity contribution is 0.195. The Hall–Kier alpha value is 0.367. The van der Waals surface area contributed by atoms with Crippen molar-refractivity contribution in [2.24, 2.45) is 0 Å². The molecule has 94 valence electrons. The molecule has 0 aliphatic heterocycles. The summed E-state index contributed by atoms with van der Waals surface area (Å²) < 4.78 is 22.9. The van der Waals surface area contributed by atoms with E-state index in [1.54, 1.807) is 0 Å². The molecule has 0 spiro atoms. The van der Waals surface area contributed by atoms with Gasteiger partial charge in [0.15, 0.2) is 0 Å². The molecule has 0 bridgehead atoms. The van der Waals surface area contributed by atoms with E-state index in [0.29, 0.717) is 16.6 Å². The summed E-state index contributed by atoms with van der Waals surface area (Å²) in [5.74, 6) is 2.17. The molecule has 0 nitrogen and oxygen atoms in total. The van der Waals surface area contributed by atoms with Crippen molar-refractivity contribution in [3.63, 3.8) is 0 Å². The predicted molar refractivity (Wildman–Crippen MR) is 77.8 cm³/mol. The summed E-state index contributed by atoms with van der Waals surface area (Å²) in [4.78, 5) is 0. The quantitative estimate of drug-likeness (QED) is 0.280. The first-order valence-corrected chi connectivity index (χ1v) is 8.96. The van der Waals surface area contributed by atoms with Crippen molar-refractivity contribution in [3.8, 4) is 11.5 Å². The van der Waals surface area contributed by atoms with E-state index >= 15 is 0 Å². The minimum absolute atomic E-state index is 0.402. The number of hydrogen-bond donors (Lipinski definition) is 0. The van der Waals surface area contributed by atoms with Crippen molar-refractivity contribution in [2.45, 2.75) is 62.1 Å². The first kappa shape index (κ1) is 16.4. The molecule has 4 heteroatoms. The Morgan fingerprint density at radius 3 is 1.44 bits per heavy atom. The standard InChI is InChI=1S/C12H21F2ISi/c1-9(2)16(10(3)4,11(5)6)8-7-12(13,14)15/h9-11H,1-6H3. The molecule has 0 aromatic rings. The molecule has 0 unspecified atom stereocenters. The Labute approximate surface area is 113 Å². The van der Waals surface area contributed by atoms with Gasteiger partial charge in [-0.2, -0.15) is 8.78 Å². The van der Waals surface area contributed by atoms with Crippen molar-refractivity contribution in [1.29, 1.82) is 0 Å². The van der Waals surface area contributed by atoms with Gasteiger partial charge in [0.1, 0.15) is 8.07 Å². The van der Waals surface area contributed by atoms with Crippen LogP contribution >= 0.6 is 22.6 Å². The fourth-order valence-corrected chi connectivity index (χ4v) is 8.24. The minimum Gasteiger partial charge on any atom is -0.181 e. The van der Waals surface area contributed by atoms with Crippen molar-refractivity contribution in [2.75, 3.05) is 0 Å². The molecule has 0 atom stereocenters. The minimum atomic E-state index is -2.89. The average Bonchev–Trinajstić information content (AvgIpc) is 2.00. The number of alkyl halides is 3. The second-order valence-corrected chi connectivity index (χ2v) is 12.1. The molecule has 0 heterocycles. The first-order chi connectivity index (χ1) is 7.04. The monoisotopic (exact) mass is 358 g/mol. The Bertz CT molecular complexity index is 260. The normalized spacial score (nSPS) is 13.2. The van der Waals surface area contributed by atoms with E-state index < -0.39 is 12.0 Å². The number of hydrogen-bond acceptors (Lipinski definition) is 0. The van der Waals surface area contributed by atoms with Gasteiger partial charge >= 0.3 is 3.93 Å². The number of halogens is 3. The lowest BCUT2D eigenvalue weighted by Gasteiger charge is -2.38. The van der Waals surface area contributed by atoms with E-state index in [1.165, 1.54) is 0 Å². The third-order valence-electron chi connectivity index (χ3n) is 3.29. The van der Waals surface area contributed by atoms with Crippen molar-refractivity contribution < 1.29 is 8.78 Å². The van der Waals surface area contributed by atoms with E-state index in [1.807, 2.05) is 0 Å². The number of rotatable bonds is 3. The molecule has 0 radical (unpaired) electrons. The molecule has 16 heavy (non-hydrogen) atoms. The summed E-state index contributed by atoms with van der Waals surface area (Å²) in [6.07, 6.45) is 0. The highest BCUT2D eigenvalue weighted by molar-refractivity contribution is 14.1. The Morgan fingerprint density at radius 1 is 0.938 bits per heavy atom. The van der Waals surface area contributed by atoms with Gasteiger partial charge in [0, 0.05) is 22.6 Å². The fourth-order valence-electron chi connectivity index (χ4n) is 2.61. The van der Waals surface area contributed by atoms with Gasteiger partial charge in [-0.05, 0) is 22.5 Å². The zero-order valence-corrected chi connectivity index (χ0v) is 14.0. The van der Waals surface area contributed by atoms with Crippen molar-refractivity contribution in [3.05, 3.63) is 0 Å². The van der Waals surface area contributed by atoms with Crippen LogP contribution in [-0.4, -0.2) is 12.0 Å². The Morgan fingerprint density at radius 2 is 1.25 bits per heavy atom. The highest BCUT2D eigenvalue weighted by atomic mass is 127. The second kappa shape index (κ2) is 5.81. The van der Waals surface area contributed by atoms with Crippen LogP contribution in [0.15, 0.2) is 0 Å². The summed E-state index contributed by atoms with van der Waals surface area (Å²) in [6, 6.07) is 0. The van der Waals surface area contributed by atoms with Gasteiger partial charge in [-0.3, -0.25) is 0 Å². The molecule has 0 rings (SSSR count). The Balaban J connectivity index is 5.45. The molecule has 0 N–H and O–H groups in total. The van der Waals surface area contributed by atoms with E-state index in [9.17, 15) is 8.78 Å². The fraction of sp³-hybridized carbons (Fsp3) is 0.833. The van der Waals surface area contributed by atoms with E-state index in [-0.39, 0.29) is 0 Å². The van der Waals surface area contributed by atoms with Crippen LogP contribution in [0.4, 0.5) is 8.78 Å². The molecular formula is C12H21F2ISi. The van der Waals surface area contributed by atoms with E-state index in [0.717, 1.165) is 22.6 Å². The van der Waals surface area contributed by atoms with Crippen LogP contribution in [0.25, 0.3) is 0 Å². The summed E-state index contributed by atoms with van der Waals surface area (Å²) in [5.41, 5.74) is 4.21. The molecule has 0 amide bonds. The third-order valence-corrected chi connectivity index (χ3v) is 9.85.